The third kappa shape index (κ3) is 3.55. The van der Waals surface area contributed by atoms with Gasteiger partial charge in [0.1, 0.15) is 0 Å². The Morgan fingerprint density at radius 2 is 2.05 bits per heavy atom. The summed E-state index contributed by atoms with van der Waals surface area (Å²) in [7, 11) is 1.33. The van der Waals surface area contributed by atoms with Gasteiger partial charge in [-0.15, -0.1) is 11.3 Å². The Morgan fingerprint density at radius 1 is 1.35 bits per heavy atom. The SMILES string of the molecule is COC(=O)c1ccc(Nc2nc(CC(=O)O)cs2)cc1. The third-order valence-electron chi connectivity index (χ3n) is 2.44. The molecule has 6 nitrogen and oxygen atoms in total. The van der Waals surface area contributed by atoms with Crippen molar-refractivity contribution >= 4 is 34.1 Å². The molecule has 0 saturated heterocycles. The van der Waals surface area contributed by atoms with Gasteiger partial charge in [-0.05, 0) is 24.3 Å². The largest absolute Gasteiger partial charge is 0.481 e. The number of carbonyl (C=O) groups is 2. The summed E-state index contributed by atoms with van der Waals surface area (Å²) in [6.45, 7) is 0. The predicted molar refractivity (Wildman–Crippen MR) is 74.5 cm³/mol. The van der Waals surface area contributed by atoms with E-state index in [9.17, 15) is 9.59 Å². The highest BCUT2D eigenvalue weighted by Gasteiger charge is 2.07. The number of carboxylic acid groups (broad SMARTS) is 1. The van der Waals surface area contributed by atoms with Gasteiger partial charge >= 0.3 is 11.9 Å². The Bertz CT molecular complexity index is 622. The maximum Gasteiger partial charge on any atom is 0.337 e. The number of esters is 1. The van der Waals surface area contributed by atoms with Gasteiger partial charge in [0.25, 0.3) is 0 Å². The summed E-state index contributed by atoms with van der Waals surface area (Å²) in [5.74, 6) is -1.31. The zero-order valence-electron chi connectivity index (χ0n) is 10.6. The summed E-state index contributed by atoms with van der Waals surface area (Å²) >= 11 is 1.32. The minimum Gasteiger partial charge on any atom is -0.481 e. The molecule has 2 N–H and O–H groups in total. The van der Waals surface area contributed by atoms with Crippen LogP contribution < -0.4 is 5.32 Å². The number of benzene rings is 1. The van der Waals surface area contributed by atoms with Crippen molar-refractivity contribution in [2.75, 3.05) is 12.4 Å². The first-order valence-electron chi connectivity index (χ1n) is 5.70. The average Bonchev–Trinajstić information content (AvgIpc) is 2.85. The summed E-state index contributed by atoms with van der Waals surface area (Å²) in [6, 6.07) is 6.73. The molecule has 0 atom stereocenters. The van der Waals surface area contributed by atoms with Crippen LogP contribution in [0.25, 0.3) is 0 Å². The molecular weight excluding hydrogens is 280 g/mol. The number of thiazole rings is 1. The van der Waals surface area contributed by atoms with Crippen LogP contribution in [0.2, 0.25) is 0 Å². The first kappa shape index (κ1) is 14.0. The first-order valence-corrected chi connectivity index (χ1v) is 6.58. The second-order valence-corrected chi connectivity index (χ2v) is 4.77. The normalized spacial score (nSPS) is 10.1. The Labute approximate surface area is 119 Å². The van der Waals surface area contributed by atoms with Gasteiger partial charge in [0.2, 0.25) is 0 Å². The van der Waals surface area contributed by atoms with Gasteiger partial charge in [-0.2, -0.15) is 0 Å². The van der Waals surface area contributed by atoms with Gasteiger partial charge in [0, 0.05) is 11.1 Å². The summed E-state index contributed by atoms with van der Waals surface area (Å²) in [5.41, 5.74) is 1.73. The molecule has 0 aliphatic rings. The van der Waals surface area contributed by atoms with Crippen LogP contribution in [-0.2, 0) is 16.0 Å². The van der Waals surface area contributed by atoms with Crippen LogP contribution in [0.5, 0.6) is 0 Å². The molecule has 0 aliphatic heterocycles. The first-order chi connectivity index (χ1) is 9.58. The molecule has 0 unspecified atom stereocenters. The molecule has 1 aromatic carbocycles. The molecule has 0 saturated carbocycles. The van der Waals surface area contributed by atoms with Crippen molar-refractivity contribution in [1.82, 2.24) is 4.98 Å². The number of aliphatic carboxylic acids is 1. The predicted octanol–water partition coefficient (Wildman–Crippen LogP) is 2.30. The fourth-order valence-electron chi connectivity index (χ4n) is 1.53. The summed E-state index contributed by atoms with van der Waals surface area (Å²) in [6.07, 6.45) is -0.0978. The Morgan fingerprint density at radius 3 is 2.65 bits per heavy atom. The van der Waals surface area contributed by atoms with Gasteiger partial charge in [-0.1, -0.05) is 0 Å². The number of nitrogens with one attached hydrogen (secondary N) is 1. The van der Waals surface area contributed by atoms with Crippen molar-refractivity contribution in [2.24, 2.45) is 0 Å². The molecule has 1 aromatic heterocycles. The summed E-state index contributed by atoms with van der Waals surface area (Å²) in [4.78, 5) is 26.0. The van der Waals surface area contributed by atoms with Crippen LogP contribution in [0.1, 0.15) is 16.1 Å². The lowest BCUT2D eigenvalue weighted by molar-refractivity contribution is -0.136. The molecular formula is C13H12N2O4S. The average molecular weight is 292 g/mol. The topological polar surface area (TPSA) is 88.5 Å². The van der Waals surface area contributed by atoms with E-state index in [1.54, 1.807) is 29.6 Å². The van der Waals surface area contributed by atoms with Crippen LogP contribution in [0.3, 0.4) is 0 Å². The Hall–Kier alpha value is -2.41. The van der Waals surface area contributed by atoms with Gasteiger partial charge in [0.15, 0.2) is 5.13 Å². The van der Waals surface area contributed by atoms with Crippen molar-refractivity contribution in [3.05, 3.63) is 40.9 Å². The Kier molecular flexibility index (Phi) is 4.31. The van der Waals surface area contributed by atoms with Gasteiger partial charge in [0.05, 0.1) is 24.8 Å². The lowest BCUT2D eigenvalue weighted by Crippen LogP contribution is -2.01. The summed E-state index contributed by atoms with van der Waals surface area (Å²) < 4.78 is 4.61. The number of hydrogen-bond acceptors (Lipinski definition) is 6. The third-order valence-corrected chi connectivity index (χ3v) is 3.25. The quantitative estimate of drug-likeness (QED) is 0.822. The number of rotatable bonds is 5. The van der Waals surface area contributed by atoms with E-state index in [1.165, 1.54) is 18.4 Å². The van der Waals surface area contributed by atoms with E-state index in [0.717, 1.165) is 5.69 Å². The molecule has 7 heteroatoms. The van der Waals surface area contributed by atoms with Gasteiger partial charge in [-0.25, -0.2) is 9.78 Å². The highest BCUT2D eigenvalue weighted by molar-refractivity contribution is 7.13. The summed E-state index contributed by atoms with van der Waals surface area (Å²) in [5, 5.41) is 14.0. The standard InChI is InChI=1S/C13H12N2O4S/c1-19-12(18)8-2-4-9(5-3-8)14-13-15-10(7-20-13)6-11(16)17/h2-5,7H,6H2,1H3,(H,14,15)(H,16,17). The van der Waals surface area contributed by atoms with E-state index in [1.807, 2.05) is 0 Å². The number of carbonyl (C=O) groups excluding carboxylic acids is 1. The second-order valence-electron chi connectivity index (χ2n) is 3.91. The number of hydrogen-bond donors (Lipinski definition) is 2. The maximum absolute atomic E-state index is 11.3. The highest BCUT2D eigenvalue weighted by atomic mass is 32.1. The van der Waals surface area contributed by atoms with E-state index in [2.05, 4.69) is 15.0 Å². The molecule has 0 spiro atoms. The van der Waals surface area contributed by atoms with Gasteiger partial charge in [-0.3, -0.25) is 4.79 Å². The second kappa shape index (κ2) is 6.16. The van der Waals surface area contributed by atoms with E-state index in [4.69, 9.17) is 5.11 Å². The maximum atomic E-state index is 11.3. The van der Waals surface area contributed by atoms with Crippen molar-refractivity contribution < 1.29 is 19.4 Å². The lowest BCUT2D eigenvalue weighted by Gasteiger charge is -2.03. The van der Waals surface area contributed by atoms with E-state index in [-0.39, 0.29) is 6.42 Å². The minimum atomic E-state index is -0.913. The van der Waals surface area contributed by atoms with Crippen LogP contribution in [0.4, 0.5) is 10.8 Å². The number of aromatic nitrogens is 1. The van der Waals surface area contributed by atoms with E-state index >= 15 is 0 Å². The van der Waals surface area contributed by atoms with E-state index in [0.29, 0.717) is 16.4 Å². The number of methoxy groups -OCH3 is 1. The van der Waals surface area contributed by atoms with Crippen LogP contribution in [0, 0.1) is 0 Å². The van der Waals surface area contributed by atoms with Crippen molar-refractivity contribution in [3.8, 4) is 0 Å². The monoisotopic (exact) mass is 292 g/mol. The van der Waals surface area contributed by atoms with E-state index < -0.39 is 11.9 Å². The van der Waals surface area contributed by atoms with Crippen LogP contribution in [-0.4, -0.2) is 29.1 Å². The zero-order valence-corrected chi connectivity index (χ0v) is 11.4. The Balaban J connectivity index is 2.04. The molecule has 2 rings (SSSR count). The number of nitrogens with zero attached hydrogens (tertiary/aromatic N) is 1. The van der Waals surface area contributed by atoms with Crippen molar-refractivity contribution in [2.45, 2.75) is 6.42 Å². The van der Waals surface area contributed by atoms with Gasteiger partial charge < -0.3 is 15.2 Å². The van der Waals surface area contributed by atoms with Crippen molar-refractivity contribution in [3.63, 3.8) is 0 Å². The molecule has 0 radical (unpaired) electrons. The lowest BCUT2D eigenvalue weighted by atomic mass is 10.2. The number of anilines is 2. The molecule has 0 fully saturated rings. The number of ether oxygens (including phenoxy) is 1. The molecule has 0 amide bonds. The fourth-order valence-corrected chi connectivity index (χ4v) is 2.26. The number of carboxylic acids is 1. The minimum absolute atomic E-state index is 0.0978. The zero-order chi connectivity index (χ0) is 14.5. The van der Waals surface area contributed by atoms with Crippen molar-refractivity contribution in [1.29, 1.82) is 0 Å². The molecule has 20 heavy (non-hydrogen) atoms. The molecule has 104 valence electrons. The van der Waals surface area contributed by atoms with Crippen LogP contribution >= 0.6 is 11.3 Å². The van der Waals surface area contributed by atoms with Crippen LogP contribution in [0.15, 0.2) is 29.6 Å². The molecule has 0 bridgehead atoms. The molecule has 0 aliphatic carbocycles. The molecule has 1 heterocycles. The smallest absolute Gasteiger partial charge is 0.337 e. The fraction of sp³-hybridized carbons (Fsp3) is 0.154. The highest BCUT2D eigenvalue weighted by Crippen LogP contribution is 2.21. The molecule has 2 aromatic rings.